The summed E-state index contributed by atoms with van der Waals surface area (Å²) in [5, 5.41) is 8.58. The minimum absolute atomic E-state index is 0.0820. The van der Waals surface area contributed by atoms with Crippen molar-refractivity contribution in [3.8, 4) is 0 Å². The summed E-state index contributed by atoms with van der Waals surface area (Å²) in [6.07, 6.45) is 7.67. The minimum atomic E-state index is 0.0820. The van der Waals surface area contributed by atoms with Crippen molar-refractivity contribution < 1.29 is 0 Å². The highest BCUT2D eigenvalue weighted by Crippen LogP contribution is 2.16. The molecule has 1 aliphatic rings. The summed E-state index contributed by atoms with van der Waals surface area (Å²) in [5.41, 5.74) is 7.03. The summed E-state index contributed by atoms with van der Waals surface area (Å²) in [5.74, 6) is 2.19. The molecule has 0 saturated carbocycles. The molecule has 0 amide bonds. The Bertz CT molecular complexity index is 537. The topological polar surface area (TPSA) is 61.7 Å². The van der Waals surface area contributed by atoms with Crippen LogP contribution in [0.3, 0.4) is 0 Å². The predicted molar refractivity (Wildman–Crippen MR) is 69.1 cm³/mol. The normalized spacial score (nSPS) is 16.6. The van der Waals surface area contributed by atoms with Crippen molar-refractivity contribution in [3.63, 3.8) is 0 Å². The van der Waals surface area contributed by atoms with Gasteiger partial charge in [0.05, 0.1) is 6.54 Å². The molecular formula is C13H19N5. The molecule has 0 fully saturated rings. The Morgan fingerprint density at radius 3 is 3.06 bits per heavy atom. The number of nitrogens with zero attached hydrogens (tertiary/aromatic N) is 4. The molecule has 1 atom stereocenters. The Morgan fingerprint density at radius 1 is 1.39 bits per heavy atom. The van der Waals surface area contributed by atoms with Crippen LogP contribution in [0.1, 0.15) is 43.0 Å². The lowest BCUT2D eigenvalue weighted by Gasteiger charge is -2.14. The molecule has 2 aromatic rings. The maximum atomic E-state index is 5.86. The molecule has 3 heterocycles. The smallest absolute Gasteiger partial charge is 0.152 e. The first-order valence-electron chi connectivity index (χ1n) is 6.56. The van der Waals surface area contributed by atoms with Crippen LogP contribution in [-0.2, 0) is 19.5 Å². The van der Waals surface area contributed by atoms with Crippen LogP contribution in [0, 0.1) is 0 Å². The van der Waals surface area contributed by atoms with Gasteiger partial charge >= 0.3 is 0 Å². The van der Waals surface area contributed by atoms with Crippen LogP contribution in [-0.4, -0.2) is 19.3 Å². The average Bonchev–Trinajstić information content (AvgIpc) is 2.98. The van der Waals surface area contributed by atoms with Crippen LogP contribution >= 0.6 is 0 Å². The second kappa shape index (κ2) is 4.57. The average molecular weight is 245 g/mol. The van der Waals surface area contributed by atoms with Crippen molar-refractivity contribution in [3.05, 3.63) is 35.7 Å². The largest absolute Gasteiger partial charge is 0.346 e. The minimum Gasteiger partial charge on any atom is -0.346 e. The third kappa shape index (κ3) is 2.06. The van der Waals surface area contributed by atoms with Gasteiger partial charge in [-0.05, 0) is 31.4 Å². The zero-order valence-corrected chi connectivity index (χ0v) is 10.7. The van der Waals surface area contributed by atoms with Gasteiger partial charge in [0.1, 0.15) is 5.82 Å². The molecule has 0 aromatic carbocycles. The number of aryl methyl sites for hydroxylation is 1. The van der Waals surface area contributed by atoms with Crippen molar-refractivity contribution in [2.75, 3.05) is 0 Å². The fourth-order valence-corrected chi connectivity index (χ4v) is 2.48. The van der Waals surface area contributed by atoms with Gasteiger partial charge in [0.15, 0.2) is 5.82 Å². The van der Waals surface area contributed by atoms with E-state index < -0.39 is 0 Å². The molecule has 1 unspecified atom stereocenters. The van der Waals surface area contributed by atoms with E-state index in [1.807, 2.05) is 6.92 Å². The lowest BCUT2D eigenvalue weighted by Crippen LogP contribution is -2.14. The molecule has 96 valence electrons. The van der Waals surface area contributed by atoms with Gasteiger partial charge in [0.25, 0.3) is 0 Å². The van der Waals surface area contributed by atoms with E-state index in [1.165, 1.54) is 12.8 Å². The molecule has 2 aromatic heterocycles. The fourth-order valence-electron chi connectivity index (χ4n) is 2.48. The highest BCUT2D eigenvalue weighted by atomic mass is 15.3. The van der Waals surface area contributed by atoms with E-state index in [2.05, 4.69) is 37.8 Å². The Kier molecular flexibility index (Phi) is 2.91. The third-order valence-corrected chi connectivity index (χ3v) is 3.56. The number of rotatable bonds is 3. The molecule has 0 saturated heterocycles. The van der Waals surface area contributed by atoms with Crippen LogP contribution in [0.25, 0.3) is 0 Å². The van der Waals surface area contributed by atoms with Crippen molar-refractivity contribution in [2.45, 2.75) is 45.3 Å². The molecule has 3 rings (SSSR count). The van der Waals surface area contributed by atoms with E-state index in [1.54, 1.807) is 0 Å². The van der Waals surface area contributed by atoms with E-state index in [-0.39, 0.29) is 6.04 Å². The van der Waals surface area contributed by atoms with Crippen LogP contribution in [0.2, 0.25) is 0 Å². The fraction of sp³-hybridized carbons (Fsp3) is 0.538. The third-order valence-electron chi connectivity index (χ3n) is 3.56. The van der Waals surface area contributed by atoms with Gasteiger partial charge in [-0.3, -0.25) is 0 Å². The predicted octanol–water partition coefficient (Wildman–Crippen LogP) is 1.48. The maximum Gasteiger partial charge on any atom is 0.152 e. The molecule has 2 N–H and O–H groups in total. The molecule has 5 heteroatoms. The monoisotopic (exact) mass is 245 g/mol. The Morgan fingerprint density at radius 2 is 2.28 bits per heavy atom. The van der Waals surface area contributed by atoms with Crippen LogP contribution in [0.15, 0.2) is 18.5 Å². The van der Waals surface area contributed by atoms with Gasteiger partial charge in [-0.1, -0.05) is 0 Å². The quantitative estimate of drug-likeness (QED) is 0.891. The molecule has 0 spiro atoms. The second-order valence-corrected chi connectivity index (χ2v) is 5.05. The summed E-state index contributed by atoms with van der Waals surface area (Å²) in [4.78, 5) is 0. The van der Waals surface area contributed by atoms with E-state index >= 15 is 0 Å². The van der Waals surface area contributed by atoms with Gasteiger partial charge in [0, 0.05) is 31.4 Å². The standard InChI is InChI=1S/C13H19N5/c1-10(14)11-5-7-17(8-11)9-13-16-15-12-4-2-3-6-18(12)13/h5,7-8,10H,2-4,6,9,14H2,1H3. The zero-order valence-electron chi connectivity index (χ0n) is 10.7. The molecule has 1 aliphatic heterocycles. The molecular weight excluding hydrogens is 226 g/mol. The highest BCUT2D eigenvalue weighted by molar-refractivity contribution is 5.15. The number of aromatic nitrogens is 4. The van der Waals surface area contributed by atoms with E-state index in [0.29, 0.717) is 0 Å². The summed E-state index contributed by atoms with van der Waals surface area (Å²) in [6.45, 7) is 3.83. The zero-order chi connectivity index (χ0) is 12.5. The first kappa shape index (κ1) is 11.5. The molecule has 0 bridgehead atoms. The van der Waals surface area contributed by atoms with Crippen molar-refractivity contribution in [2.24, 2.45) is 5.73 Å². The summed E-state index contributed by atoms with van der Waals surface area (Å²) in [7, 11) is 0. The lowest BCUT2D eigenvalue weighted by atomic mass is 10.2. The first-order chi connectivity index (χ1) is 8.74. The van der Waals surface area contributed by atoms with Gasteiger partial charge in [-0.15, -0.1) is 10.2 Å². The van der Waals surface area contributed by atoms with E-state index in [0.717, 1.165) is 36.7 Å². The van der Waals surface area contributed by atoms with E-state index in [4.69, 9.17) is 5.73 Å². The summed E-state index contributed by atoms with van der Waals surface area (Å²) >= 11 is 0. The molecule has 5 nitrogen and oxygen atoms in total. The van der Waals surface area contributed by atoms with Crippen molar-refractivity contribution in [1.82, 2.24) is 19.3 Å². The Hall–Kier alpha value is -1.62. The van der Waals surface area contributed by atoms with Gasteiger partial charge in [-0.2, -0.15) is 0 Å². The number of hydrogen-bond acceptors (Lipinski definition) is 3. The summed E-state index contributed by atoms with van der Waals surface area (Å²) in [6, 6.07) is 2.15. The number of hydrogen-bond donors (Lipinski definition) is 1. The maximum absolute atomic E-state index is 5.86. The van der Waals surface area contributed by atoms with Crippen LogP contribution in [0.5, 0.6) is 0 Å². The van der Waals surface area contributed by atoms with Gasteiger partial charge < -0.3 is 14.9 Å². The molecule has 0 radical (unpaired) electrons. The van der Waals surface area contributed by atoms with Crippen molar-refractivity contribution >= 4 is 0 Å². The molecule has 0 aliphatic carbocycles. The SMILES string of the molecule is CC(N)c1ccn(Cc2nnc3n2CCCC3)c1. The second-order valence-electron chi connectivity index (χ2n) is 5.05. The number of nitrogens with two attached hydrogens (primary N) is 1. The molecule has 18 heavy (non-hydrogen) atoms. The van der Waals surface area contributed by atoms with Crippen LogP contribution in [0.4, 0.5) is 0 Å². The van der Waals surface area contributed by atoms with Gasteiger partial charge in [0.2, 0.25) is 0 Å². The van der Waals surface area contributed by atoms with Crippen molar-refractivity contribution in [1.29, 1.82) is 0 Å². The Labute approximate surface area is 107 Å². The number of fused-ring (bicyclic) bond motifs is 1. The lowest BCUT2D eigenvalue weighted by molar-refractivity contribution is 0.502. The highest BCUT2D eigenvalue weighted by Gasteiger charge is 2.15. The Balaban J connectivity index is 1.81. The van der Waals surface area contributed by atoms with Gasteiger partial charge in [-0.25, -0.2) is 0 Å². The van der Waals surface area contributed by atoms with E-state index in [9.17, 15) is 0 Å². The van der Waals surface area contributed by atoms with Crippen LogP contribution < -0.4 is 5.73 Å². The first-order valence-corrected chi connectivity index (χ1v) is 6.56. The summed E-state index contributed by atoms with van der Waals surface area (Å²) < 4.78 is 4.39.